The summed E-state index contributed by atoms with van der Waals surface area (Å²) in [6.07, 6.45) is 2.37. The van der Waals surface area contributed by atoms with Crippen molar-refractivity contribution < 1.29 is 4.79 Å². The van der Waals surface area contributed by atoms with Crippen LogP contribution in [0.25, 0.3) is 0 Å². The Morgan fingerprint density at radius 1 is 1.28 bits per heavy atom. The van der Waals surface area contributed by atoms with Gasteiger partial charge in [0.15, 0.2) is 0 Å². The van der Waals surface area contributed by atoms with Gasteiger partial charge < -0.3 is 15.1 Å². The summed E-state index contributed by atoms with van der Waals surface area (Å²) in [6, 6.07) is 6.07. The molecule has 1 saturated heterocycles. The van der Waals surface area contributed by atoms with E-state index in [2.05, 4.69) is 42.1 Å². The summed E-state index contributed by atoms with van der Waals surface area (Å²) >= 11 is 1.87. The molecule has 2 heterocycles. The summed E-state index contributed by atoms with van der Waals surface area (Å²) in [5, 5.41) is 3.09. The van der Waals surface area contributed by atoms with E-state index in [1.165, 1.54) is 30.1 Å². The number of thioether (sulfide) groups is 1. The molecule has 2 aliphatic rings. The Hall–Kier alpha value is -1.20. The number of nitrogens with zero attached hydrogens (tertiary/aromatic N) is 2. The van der Waals surface area contributed by atoms with Gasteiger partial charge in [-0.2, -0.15) is 0 Å². The average Bonchev–Trinajstić information content (AvgIpc) is 2.58. The summed E-state index contributed by atoms with van der Waals surface area (Å²) in [7, 11) is 2.10. The van der Waals surface area contributed by atoms with Gasteiger partial charge >= 0.3 is 0 Å². The van der Waals surface area contributed by atoms with Gasteiger partial charge in [0.05, 0.1) is 5.69 Å². The van der Waals surface area contributed by atoms with E-state index in [-0.39, 0.29) is 5.91 Å². The average molecular weight is 362 g/mol. The van der Waals surface area contributed by atoms with Gasteiger partial charge in [-0.1, -0.05) is 13.8 Å². The summed E-state index contributed by atoms with van der Waals surface area (Å²) in [6.45, 7) is 9.96. The molecule has 2 atom stereocenters. The summed E-state index contributed by atoms with van der Waals surface area (Å²) in [5.74, 6) is 2.75. The standard InChI is InChI=1S/C20H31N3OS/c1-15-11-16(2)14-23(13-15)8-4-7-21-20(24)17-5-6-19-18(12-17)22(3)9-10-25-19/h5-6,12,15-16H,4,7-11,13-14H2,1-3H3,(H,21,24)/t15-,16+. The van der Waals surface area contributed by atoms with Crippen molar-refractivity contribution in [2.24, 2.45) is 11.8 Å². The number of piperidine rings is 1. The molecular formula is C20H31N3OS. The van der Waals surface area contributed by atoms with Gasteiger partial charge in [-0.25, -0.2) is 0 Å². The first-order valence-electron chi connectivity index (χ1n) is 9.51. The number of hydrogen-bond acceptors (Lipinski definition) is 4. The lowest BCUT2D eigenvalue weighted by molar-refractivity contribution is 0.0947. The zero-order chi connectivity index (χ0) is 17.8. The third kappa shape index (κ3) is 4.91. The first-order chi connectivity index (χ1) is 12.0. The lowest BCUT2D eigenvalue weighted by atomic mass is 9.92. The minimum atomic E-state index is 0.0483. The highest BCUT2D eigenvalue weighted by atomic mass is 32.2. The Balaban J connectivity index is 1.46. The first-order valence-corrected chi connectivity index (χ1v) is 10.5. The highest BCUT2D eigenvalue weighted by molar-refractivity contribution is 7.99. The highest BCUT2D eigenvalue weighted by Gasteiger charge is 2.21. The van der Waals surface area contributed by atoms with Crippen LogP contribution in [0, 0.1) is 11.8 Å². The Bertz CT molecular complexity index is 597. The molecule has 0 saturated carbocycles. The van der Waals surface area contributed by atoms with Crippen molar-refractivity contribution in [2.45, 2.75) is 31.6 Å². The van der Waals surface area contributed by atoms with Crippen LogP contribution >= 0.6 is 11.8 Å². The summed E-state index contributed by atoms with van der Waals surface area (Å²) in [4.78, 5) is 18.5. The van der Waals surface area contributed by atoms with E-state index in [0.29, 0.717) is 0 Å². The van der Waals surface area contributed by atoms with Crippen LogP contribution < -0.4 is 10.2 Å². The van der Waals surface area contributed by atoms with E-state index >= 15 is 0 Å². The zero-order valence-electron chi connectivity index (χ0n) is 15.8. The van der Waals surface area contributed by atoms with Crippen molar-refractivity contribution in [3.8, 4) is 0 Å². The number of fused-ring (bicyclic) bond motifs is 1. The number of amides is 1. The SMILES string of the molecule is C[C@@H]1C[C@H](C)CN(CCCNC(=O)c2ccc3c(c2)N(C)CCS3)C1. The maximum Gasteiger partial charge on any atom is 0.251 e. The molecule has 1 fully saturated rings. The third-order valence-corrected chi connectivity index (χ3v) is 6.24. The van der Waals surface area contributed by atoms with Crippen LogP contribution in [0.15, 0.2) is 23.1 Å². The first kappa shape index (κ1) is 18.6. The molecule has 3 rings (SSSR count). The van der Waals surface area contributed by atoms with E-state index in [4.69, 9.17) is 0 Å². The minimum Gasteiger partial charge on any atom is -0.373 e. The van der Waals surface area contributed by atoms with Crippen LogP contribution in [0.3, 0.4) is 0 Å². The van der Waals surface area contributed by atoms with Crippen molar-refractivity contribution in [1.82, 2.24) is 10.2 Å². The molecule has 2 aliphatic heterocycles. The molecule has 1 N–H and O–H groups in total. The second-order valence-electron chi connectivity index (χ2n) is 7.77. The fourth-order valence-corrected chi connectivity index (χ4v) is 5.19. The third-order valence-electron chi connectivity index (χ3n) is 5.20. The van der Waals surface area contributed by atoms with Gasteiger partial charge in [-0.3, -0.25) is 4.79 Å². The van der Waals surface area contributed by atoms with E-state index in [0.717, 1.165) is 49.2 Å². The molecule has 1 aromatic rings. The number of anilines is 1. The minimum absolute atomic E-state index is 0.0483. The number of likely N-dealkylation sites (tertiary alicyclic amines) is 1. The number of benzene rings is 1. The zero-order valence-corrected chi connectivity index (χ0v) is 16.6. The lowest BCUT2D eigenvalue weighted by Gasteiger charge is -2.34. The van der Waals surface area contributed by atoms with Crippen LogP contribution in [0.1, 0.15) is 37.0 Å². The summed E-state index contributed by atoms with van der Waals surface area (Å²) < 4.78 is 0. The second-order valence-corrected chi connectivity index (χ2v) is 8.90. The molecule has 0 aromatic heterocycles. The van der Waals surface area contributed by atoms with Crippen molar-refractivity contribution in [3.05, 3.63) is 23.8 Å². The van der Waals surface area contributed by atoms with E-state index < -0.39 is 0 Å². The molecule has 1 amide bonds. The Labute approximate surface area is 156 Å². The van der Waals surface area contributed by atoms with E-state index in [1.807, 2.05) is 23.9 Å². The maximum atomic E-state index is 12.4. The Morgan fingerprint density at radius 3 is 2.80 bits per heavy atom. The fraction of sp³-hybridized carbons (Fsp3) is 0.650. The molecule has 25 heavy (non-hydrogen) atoms. The van der Waals surface area contributed by atoms with Crippen LogP contribution in [0.2, 0.25) is 0 Å². The van der Waals surface area contributed by atoms with Crippen LogP contribution in [0.4, 0.5) is 5.69 Å². The van der Waals surface area contributed by atoms with Crippen molar-refractivity contribution in [1.29, 1.82) is 0 Å². The van der Waals surface area contributed by atoms with Crippen LogP contribution in [-0.4, -0.2) is 56.3 Å². The number of carbonyl (C=O) groups excluding carboxylic acids is 1. The normalized spacial score (nSPS) is 24.0. The smallest absolute Gasteiger partial charge is 0.251 e. The highest BCUT2D eigenvalue weighted by Crippen LogP contribution is 2.34. The van der Waals surface area contributed by atoms with Gasteiger partial charge in [0.25, 0.3) is 5.91 Å². The molecule has 0 radical (unpaired) electrons. The monoisotopic (exact) mass is 361 g/mol. The van der Waals surface area contributed by atoms with Crippen molar-refractivity contribution >= 4 is 23.4 Å². The molecular weight excluding hydrogens is 330 g/mol. The van der Waals surface area contributed by atoms with Gasteiger partial charge in [-0.15, -0.1) is 11.8 Å². The lowest BCUT2D eigenvalue weighted by Crippen LogP contribution is -2.40. The molecule has 5 heteroatoms. The largest absolute Gasteiger partial charge is 0.373 e. The molecule has 0 unspecified atom stereocenters. The maximum absolute atomic E-state index is 12.4. The van der Waals surface area contributed by atoms with Crippen LogP contribution in [0.5, 0.6) is 0 Å². The number of hydrogen-bond donors (Lipinski definition) is 1. The predicted molar refractivity (Wildman–Crippen MR) is 107 cm³/mol. The van der Waals surface area contributed by atoms with E-state index in [1.54, 1.807) is 0 Å². The van der Waals surface area contributed by atoms with Crippen molar-refractivity contribution in [3.63, 3.8) is 0 Å². The molecule has 138 valence electrons. The number of nitrogens with one attached hydrogen (secondary N) is 1. The van der Waals surface area contributed by atoms with Gasteiger partial charge in [-0.05, 0) is 49.4 Å². The van der Waals surface area contributed by atoms with Gasteiger partial charge in [0.2, 0.25) is 0 Å². The molecule has 0 bridgehead atoms. The van der Waals surface area contributed by atoms with E-state index in [9.17, 15) is 4.79 Å². The fourth-order valence-electron chi connectivity index (χ4n) is 4.07. The number of rotatable bonds is 5. The van der Waals surface area contributed by atoms with Gasteiger partial charge in [0, 0.05) is 49.4 Å². The van der Waals surface area contributed by atoms with Crippen molar-refractivity contribution in [2.75, 3.05) is 50.4 Å². The molecule has 4 nitrogen and oxygen atoms in total. The molecule has 1 aromatic carbocycles. The predicted octanol–water partition coefficient (Wildman–Crippen LogP) is 3.33. The molecule has 0 spiro atoms. The second kappa shape index (κ2) is 8.45. The van der Waals surface area contributed by atoms with Crippen LogP contribution in [-0.2, 0) is 0 Å². The molecule has 0 aliphatic carbocycles. The van der Waals surface area contributed by atoms with Gasteiger partial charge in [0.1, 0.15) is 0 Å². The Morgan fingerprint density at radius 2 is 2.04 bits per heavy atom. The quantitative estimate of drug-likeness (QED) is 0.816. The number of carbonyl (C=O) groups is 1. The summed E-state index contributed by atoms with van der Waals surface area (Å²) in [5.41, 5.74) is 1.95. The Kier molecular flexibility index (Phi) is 6.29. The topological polar surface area (TPSA) is 35.6 Å².